The lowest BCUT2D eigenvalue weighted by molar-refractivity contribution is -0.179. The maximum absolute atomic E-state index is 13.9. The number of anilines is 2. The number of nitrogen functional groups attached to an aromatic ring is 2. The summed E-state index contributed by atoms with van der Waals surface area (Å²) >= 11 is 0. The van der Waals surface area contributed by atoms with Gasteiger partial charge in [-0.1, -0.05) is 91.0 Å². The van der Waals surface area contributed by atoms with Crippen molar-refractivity contribution in [2.45, 2.75) is 125 Å². The number of fused-ring (bicyclic) bond motifs is 2. The number of hydrogen-bond donors (Lipinski definition) is 2. The van der Waals surface area contributed by atoms with Crippen molar-refractivity contribution in [1.29, 1.82) is 0 Å². The zero-order valence-corrected chi connectivity index (χ0v) is 41.4. The molecule has 354 valence electrons. The van der Waals surface area contributed by atoms with Gasteiger partial charge in [-0.3, -0.25) is 0 Å². The van der Waals surface area contributed by atoms with E-state index in [9.17, 15) is 9.59 Å². The molecule has 2 spiro atoms. The lowest BCUT2D eigenvalue weighted by atomic mass is 9.41. The topological polar surface area (TPSA) is 114 Å². The smallest absolute Gasteiger partial charge is 0.343 e. The molecule has 5 saturated carbocycles. The van der Waals surface area contributed by atoms with Crippen LogP contribution in [0.4, 0.5) is 11.4 Å². The van der Waals surface area contributed by atoms with Crippen LogP contribution in [-0.2, 0) is 9.53 Å². The van der Waals surface area contributed by atoms with Crippen LogP contribution in [0.3, 0.4) is 0 Å². The van der Waals surface area contributed by atoms with E-state index in [-0.39, 0.29) is 23.2 Å². The fourth-order valence-electron chi connectivity index (χ4n) is 15.3. The van der Waals surface area contributed by atoms with Crippen molar-refractivity contribution in [3.8, 4) is 33.8 Å². The van der Waals surface area contributed by atoms with Crippen LogP contribution in [0.5, 0.6) is 11.5 Å². The number of carbonyl (C=O) groups excluding carboxylic acids is 2. The number of ether oxygens (including phenoxy) is 3. The van der Waals surface area contributed by atoms with E-state index in [4.69, 9.17) is 25.7 Å². The molecule has 0 bridgehead atoms. The Hall–Kier alpha value is -5.30. The van der Waals surface area contributed by atoms with Gasteiger partial charge in [0.25, 0.3) is 0 Å². The molecule has 5 fully saturated rings. The maximum Gasteiger partial charge on any atom is 0.343 e. The Morgan fingerprint density at radius 2 is 1.39 bits per heavy atom. The minimum atomic E-state index is -0.545. The quantitative estimate of drug-likeness (QED) is 0.0451. The van der Waals surface area contributed by atoms with E-state index in [1.165, 1.54) is 70.1 Å². The molecule has 67 heavy (non-hydrogen) atoms. The Balaban J connectivity index is 0.853. The Bertz CT molecular complexity index is 2550. The molecule has 9 rings (SSSR count). The number of hydrogen-bond acceptors (Lipinski definition) is 7. The molecule has 0 saturated heterocycles. The summed E-state index contributed by atoms with van der Waals surface area (Å²) in [6.07, 6.45) is 17.0. The summed E-state index contributed by atoms with van der Waals surface area (Å²) in [5.74, 6) is 3.20. The first-order chi connectivity index (χ1) is 31.8. The summed E-state index contributed by atoms with van der Waals surface area (Å²) in [5, 5.41) is 0. The van der Waals surface area contributed by atoms with Crippen molar-refractivity contribution >= 4 is 29.4 Å². The lowest BCUT2D eigenvalue weighted by Gasteiger charge is -2.63. The molecule has 0 radical (unpaired) electrons. The molecule has 0 amide bonds. The summed E-state index contributed by atoms with van der Waals surface area (Å²) in [7, 11) is 1.53. The standard InChI is InChI=1S/C60H74N2O5/c1-37(2)38(3)16-17-39(4)48-24-26-58(8)52-22-21-51-56(5,6)53(25-27-59(51)36-60(52,59)29-28-57(48,58)7)67-54(63)23-19-40-18-20-49(50(30-40)65-9)66-55(64)45-32-43(41-12-10-14-46(61)34-41)31-44(33-45)42-13-11-15-47(62)35-42/h10-15,18-20,23,30-35,37,39,48,51-53H,3,16-17,21-22,24-29,36,61-62H2,1-2,4-9H3/b23-19+/t39-,48-,51+,52+,53+,57-,58+,59-,60+/m1/s1. The number of allylic oxidation sites excluding steroid dienone is 1. The van der Waals surface area contributed by atoms with E-state index < -0.39 is 5.97 Å². The summed E-state index contributed by atoms with van der Waals surface area (Å²) < 4.78 is 18.1. The van der Waals surface area contributed by atoms with E-state index in [1.54, 1.807) is 30.3 Å². The SMILES string of the molecule is C=C(CC[C@@H](C)[C@H]1CC[C@@]2(C)[C@@H]3CC[C@H]4C(C)(C)[C@@H](OC(=O)/C=C/c5ccc(OC(=O)c6cc(-c7cccc(N)c7)cc(-c7cccc(N)c7)c6)c(OC)c5)CC[C@@]45C[C@@]35CC[C@]12C)C(C)C. The molecule has 0 heterocycles. The van der Waals surface area contributed by atoms with Crippen LogP contribution in [-0.4, -0.2) is 25.2 Å². The van der Waals surface area contributed by atoms with Gasteiger partial charge in [0.15, 0.2) is 11.5 Å². The third-order valence-electron chi connectivity index (χ3n) is 19.2. The molecule has 7 nitrogen and oxygen atoms in total. The van der Waals surface area contributed by atoms with Crippen LogP contribution in [0.25, 0.3) is 28.3 Å². The van der Waals surface area contributed by atoms with E-state index in [2.05, 4.69) is 55.0 Å². The van der Waals surface area contributed by atoms with Gasteiger partial charge in [-0.25, -0.2) is 9.59 Å². The van der Waals surface area contributed by atoms with Crippen LogP contribution < -0.4 is 20.9 Å². The molecule has 5 aliphatic rings. The molecule has 0 aromatic heterocycles. The molecular formula is C60H74N2O5. The highest BCUT2D eigenvalue weighted by Gasteiger charge is 2.82. The van der Waals surface area contributed by atoms with Crippen molar-refractivity contribution < 1.29 is 23.8 Å². The van der Waals surface area contributed by atoms with Gasteiger partial charge in [-0.05, 0) is 210 Å². The third-order valence-corrected chi connectivity index (χ3v) is 19.2. The molecule has 4 aromatic carbocycles. The minimum absolute atomic E-state index is 0.110. The fraction of sp³-hybridized carbons (Fsp3) is 0.500. The zero-order valence-electron chi connectivity index (χ0n) is 41.4. The van der Waals surface area contributed by atoms with Gasteiger partial charge >= 0.3 is 11.9 Å². The van der Waals surface area contributed by atoms with Crippen molar-refractivity contribution in [1.82, 2.24) is 0 Å². The lowest BCUT2D eigenvalue weighted by Crippen LogP contribution is -2.58. The third kappa shape index (κ3) is 8.00. The van der Waals surface area contributed by atoms with Crippen LogP contribution in [0, 0.1) is 56.7 Å². The number of carbonyl (C=O) groups is 2. The van der Waals surface area contributed by atoms with Crippen LogP contribution >= 0.6 is 0 Å². The first-order valence-corrected chi connectivity index (χ1v) is 25.2. The van der Waals surface area contributed by atoms with Crippen molar-refractivity contribution in [2.75, 3.05) is 18.6 Å². The predicted molar refractivity (Wildman–Crippen MR) is 272 cm³/mol. The molecular weight excluding hydrogens is 829 g/mol. The fourth-order valence-corrected chi connectivity index (χ4v) is 15.3. The van der Waals surface area contributed by atoms with Crippen LogP contribution in [0.2, 0.25) is 0 Å². The average Bonchev–Trinajstić information content (AvgIpc) is 3.89. The van der Waals surface area contributed by atoms with Crippen molar-refractivity contribution in [2.24, 2.45) is 56.7 Å². The molecule has 5 aliphatic carbocycles. The monoisotopic (exact) mass is 903 g/mol. The second kappa shape index (κ2) is 17.3. The largest absolute Gasteiger partial charge is 0.493 e. The number of esters is 2. The molecule has 0 aliphatic heterocycles. The van der Waals surface area contributed by atoms with Gasteiger partial charge in [-0.2, -0.15) is 0 Å². The van der Waals surface area contributed by atoms with Gasteiger partial charge in [0.1, 0.15) is 6.10 Å². The summed E-state index contributed by atoms with van der Waals surface area (Å²) in [6, 6.07) is 26.0. The maximum atomic E-state index is 13.9. The van der Waals surface area contributed by atoms with Crippen molar-refractivity contribution in [3.05, 3.63) is 114 Å². The van der Waals surface area contributed by atoms with E-state index in [1.807, 2.05) is 60.7 Å². The number of benzene rings is 4. The molecule has 0 unspecified atom stereocenters. The minimum Gasteiger partial charge on any atom is -0.493 e. The Kier molecular flexibility index (Phi) is 12.1. The average molecular weight is 903 g/mol. The highest BCUT2D eigenvalue weighted by atomic mass is 16.6. The van der Waals surface area contributed by atoms with Gasteiger partial charge < -0.3 is 25.7 Å². The predicted octanol–water partition coefficient (Wildman–Crippen LogP) is 14.4. The molecule has 4 aromatic rings. The van der Waals surface area contributed by atoms with Gasteiger partial charge in [0.2, 0.25) is 0 Å². The normalized spacial score (nSPS) is 30.6. The molecule has 4 N–H and O–H groups in total. The van der Waals surface area contributed by atoms with Gasteiger partial charge in [0, 0.05) is 22.9 Å². The first-order valence-electron chi connectivity index (χ1n) is 25.2. The van der Waals surface area contributed by atoms with E-state index in [0.29, 0.717) is 56.2 Å². The second-order valence-corrected chi connectivity index (χ2v) is 22.9. The number of nitrogens with two attached hydrogens (primary N) is 2. The Morgan fingerprint density at radius 1 is 0.731 bits per heavy atom. The molecule has 9 atom stereocenters. The first kappa shape index (κ1) is 46.8. The van der Waals surface area contributed by atoms with Crippen LogP contribution in [0.1, 0.15) is 135 Å². The van der Waals surface area contributed by atoms with Crippen LogP contribution in [0.15, 0.2) is 103 Å². The summed E-state index contributed by atoms with van der Waals surface area (Å²) in [4.78, 5) is 27.5. The second-order valence-electron chi connectivity index (χ2n) is 22.9. The van der Waals surface area contributed by atoms with Crippen molar-refractivity contribution in [3.63, 3.8) is 0 Å². The number of rotatable bonds is 13. The Morgan fingerprint density at radius 3 is 2.03 bits per heavy atom. The molecule has 7 heteroatoms. The zero-order chi connectivity index (χ0) is 47.7. The summed E-state index contributed by atoms with van der Waals surface area (Å²) in [5.41, 5.74) is 20.9. The number of methoxy groups -OCH3 is 1. The Labute approximate surface area is 400 Å². The highest BCUT2D eigenvalue weighted by Crippen LogP contribution is 2.89. The van der Waals surface area contributed by atoms with E-state index in [0.717, 1.165) is 64.8 Å². The van der Waals surface area contributed by atoms with E-state index >= 15 is 0 Å². The highest BCUT2D eigenvalue weighted by molar-refractivity contribution is 5.95. The van der Waals surface area contributed by atoms with Gasteiger partial charge in [-0.15, -0.1) is 0 Å². The summed E-state index contributed by atoms with van der Waals surface area (Å²) in [6.45, 7) is 21.7. The van der Waals surface area contributed by atoms with Gasteiger partial charge in [0.05, 0.1) is 12.7 Å².